The van der Waals surface area contributed by atoms with Crippen molar-refractivity contribution in [3.63, 3.8) is 0 Å². The third kappa shape index (κ3) is 3.03. The van der Waals surface area contributed by atoms with Gasteiger partial charge in [-0.1, -0.05) is 0 Å². The summed E-state index contributed by atoms with van der Waals surface area (Å²) in [6, 6.07) is 0. The van der Waals surface area contributed by atoms with Crippen LogP contribution in [0.3, 0.4) is 0 Å². The van der Waals surface area contributed by atoms with E-state index in [2.05, 4.69) is 0 Å². The summed E-state index contributed by atoms with van der Waals surface area (Å²) in [6.45, 7) is 1.43. The van der Waals surface area contributed by atoms with Gasteiger partial charge in [-0.25, -0.2) is 4.79 Å². The molecule has 0 saturated carbocycles. The van der Waals surface area contributed by atoms with Crippen LogP contribution in [-0.2, 0) is 9.53 Å². The molecule has 0 aliphatic carbocycles. The largest absolute Gasteiger partial charge is 0.460 e. The third-order valence-corrected chi connectivity index (χ3v) is 2.93. The van der Waals surface area contributed by atoms with E-state index >= 15 is 0 Å². The summed E-state index contributed by atoms with van der Waals surface area (Å²) in [6.07, 6.45) is 1.07. The monoisotopic (exact) mass is 190 g/mol. The normalized spacial score (nSPS) is 26.3. The molecule has 0 bridgehead atoms. The smallest absolute Gasteiger partial charge is 0.334 e. The first-order valence-electron chi connectivity index (χ1n) is 4.16. The van der Waals surface area contributed by atoms with Gasteiger partial charge < -0.3 is 9.84 Å². The van der Waals surface area contributed by atoms with Crippen molar-refractivity contribution in [2.75, 3.05) is 11.5 Å². The Morgan fingerprint density at radius 3 is 3.00 bits per heavy atom. The van der Waals surface area contributed by atoms with E-state index in [1.807, 2.05) is 0 Å². The van der Waals surface area contributed by atoms with Gasteiger partial charge in [0, 0.05) is 5.75 Å². The van der Waals surface area contributed by atoms with Crippen molar-refractivity contribution in [3.8, 4) is 0 Å². The minimum Gasteiger partial charge on any atom is -0.460 e. The molecule has 1 aliphatic rings. The van der Waals surface area contributed by atoms with Crippen molar-refractivity contribution >= 4 is 17.7 Å². The molecular weight excluding hydrogens is 176 g/mol. The first-order valence-corrected chi connectivity index (χ1v) is 5.32. The van der Waals surface area contributed by atoms with Gasteiger partial charge in [-0.15, -0.1) is 0 Å². The van der Waals surface area contributed by atoms with E-state index in [1.54, 1.807) is 11.8 Å². The number of rotatable bonds is 2. The first kappa shape index (κ1) is 9.86. The molecule has 0 aromatic rings. The zero-order chi connectivity index (χ0) is 8.97. The van der Waals surface area contributed by atoms with Crippen LogP contribution in [-0.4, -0.2) is 34.8 Å². The number of carbonyl (C=O) groups excluding carboxylic acids is 1. The number of esters is 1. The molecule has 1 saturated heterocycles. The minimum atomic E-state index is -0.989. The number of carbonyl (C=O) groups is 1. The molecule has 0 amide bonds. The molecule has 70 valence electrons. The van der Waals surface area contributed by atoms with Crippen LogP contribution in [0.2, 0.25) is 0 Å². The summed E-state index contributed by atoms with van der Waals surface area (Å²) in [7, 11) is 0. The predicted octanol–water partition coefficient (Wildman–Crippen LogP) is 0.806. The Morgan fingerprint density at radius 2 is 2.50 bits per heavy atom. The second-order valence-corrected chi connectivity index (χ2v) is 4.10. The molecule has 3 nitrogen and oxygen atoms in total. The van der Waals surface area contributed by atoms with E-state index in [1.165, 1.54) is 6.92 Å². The molecule has 4 heteroatoms. The number of aliphatic hydroxyl groups excluding tert-OH is 1. The van der Waals surface area contributed by atoms with E-state index < -0.39 is 12.1 Å². The first-order chi connectivity index (χ1) is 5.70. The summed E-state index contributed by atoms with van der Waals surface area (Å²) in [5, 5.41) is 8.87. The molecule has 0 spiro atoms. The van der Waals surface area contributed by atoms with Crippen LogP contribution in [0.15, 0.2) is 0 Å². The lowest BCUT2D eigenvalue weighted by Crippen LogP contribution is -2.29. The molecule has 1 N–H and O–H groups in total. The van der Waals surface area contributed by atoms with Crippen LogP contribution < -0.4 is 0 Å². The number of hydrogen-bond donors (Lipinski definition) is 1. The summed E-state index contributed by atoms with van der Waals surface area (Å²) in [5.74, 6) is 1.53. The van der Waals surface area contributed by atoms with Crippen LogP contribution in [0.25, 0.3) is 0 Å². The quantitative estimate of drug-likeness (QED) is 0.654. The van der Waals surface area contributed by atoms with Crippen LogP contribution in [0, 0.1) is 0 Å². The molecule has 1 fully saturated rings. The van der Waals surface area contributed by atoms with Crippen molar-refractivity contribution in [3.05, 3.63) is 0 Å². The van der Waals surface area contributed by atoms with Crippen molar-refractivity contribution < 1.29 is 14.6 Å². The standard InChI is InChI=1S/C8H14O3S/c1-6(9)8(10)11-7-3-2-4-12-5-7/h6-7,9H,2-5H2,1H3/t6-,7?/m1/s1. The van der Waals surface area contributed by atoms with Gasteiger partial charge in [-0.2, -0.15) is 11.8 Å². The molecule has 0 aromatic carbocycles. The van der Waals surface area contributed by atoms with Gasteiger partial charge in [0.05, 0.1) is 0 Å². The highest BCUT2D eigenvalue weighted by molar-refractivity contribution is 7.99. The molecule has 12 heavy (non-hydrogen) atoms. The second kappa shape index (κ2) is 4.72. The van der Waals surface area contributed by atoms with Gasteiger partial charge in [0.15, 0.2) is 0 Å². The van der Waals surface area contributed by atoms with Gasteiger partial charge in [0.1, 0.15) is 12.2 Å². The predicted molar refractivity (Wildman–Crippen MR) is 48.1 cm³/mol. The van der Waals surface area contributed by atoms with Crippen molar-refractivity contribution in [1.82, 2.24) is 0 Å². The van der Waals surface area contributed by atoms with Gasteiger partial charge in [-0.05, 0) is 25.5 Å². The second-order valence-electron chi connectivity index (χ2n) is 2.95. The van der Waals surface area contributed by atoms with Crippen LogP contribution in [0.5, 0.6) is 0 Å². The molecule has 1 rings (SSSR count). The minimum absolute atomic E-state index is 0.0193. The average Bonchev–Trinajstić information content (AvgIpc) is 2.06. The maximum Gasteiger partial charge on any atom is 0.334 e. The third-order valence-electron chi connectivity index (χ3n) is 1.74. The Hall–Kier alpha value is -0.220. The molecular formula is C8H14O3S. The van der Waals surface area contributed by atoms with Gasteiger partial charge in [-0.3, -0.25) is 0 Å². The number of hydrogen-bond acceptors (Lipinski definition) is 4. The zero-order valence-corrected chi connectivity index (χ0v) is 7.97. The van der Waals surface area contributed by atoms with Gasteiger partial charge >= 0.3 is 5.97 Å². The Kier molecular flexibility index (Phi) is 3.88. The van der Waals surface area contributed by atoms with E-state index in [0.717, 1.165) is 24.3 Å². The molecule has 0 aromatic heterocycles. The maximum absolute atomic E-state index is 10.9. The number of ether oxygens (including phenoxy) is 1. The highest BCUT2D eigenvalue weighted by atomic mass is 32.2. The van der Waals surface area contributed by atoms with Gasteiger partial charge in [0.25, 0.3) is 0 Å². The van der Waals surface area contributed by atoms with E-state index in [4.69, 9.17) is 9.84 Å². The molecule has 1 heterocycles. The molecule has 0 radical (unpaired) electrons. The summed E-state index contributed by atoms with van der Waals surface area (Å²) in [5.41, 5.74) is 0. The maximum atomic E-state index is 10.9. The SMILES string of the molecule is C[C@@H](O)C(=O)OC1CCCSC1. The Bertz CT molecular complexity index is 152. The van der Waals surface area contributed by atoms with Crippen LogP contribution >= 0.6 is 11.8 Å². The average molecular weight is 190 g/mol. The van der Waals surface area contributed by atoms with Crippen molar-refractivity contribution in [2.45, 2.75) is 32.0 Å². The van der Waals surface area contributed by atoms with Crippen LogP contribution in [0.1, 0.15) is 19.8 Å². The Labute approximate surface area is 76.5 Å². The summed E-state index contributed by atoms with van der Waals surface area (Å²) in [4.78, 5) is 10.9. The van der Waals surface area contributed by atoms with E-state index in [9.17, 15) is 4.79 Å². The van der Waals surface area contributed by atoms with Gasteiger partial charge in [0.2, 0.25) is 0 Å². The zero-order valence-electron chi connectivity index (χ0n) is 7.16. The van der Waals surface area contributed by atoms with E-state index in [0.29, 0.717) is 0 Å². The fourth-order valence-corrected chi connectivity index (χ4v) is 2.10. The molecule has 1 aliphatic heterocycles. The van der Waals surface area contributed by atoms with Crippen molar-refractivity contribution in [1.29, 1.82) is 0 Å². The highest BCUT2D eigenvalue weighted by Crippen LogP contribution is 2.19. The van der Waals surface area contributed by atoms with Crippen LogP contribution in [0.4, 0.5) is 0 Å². The van der Waals surface area contributed by atoms with E-state index in [-0.39, 0.29) is 6.10 Å². The topological polar surface area (TPSA) is 46.5 Å². The highest BCUT2D eigenvalue weighted by Gasteiger charge is 2.20. The lowest BCUT2D eigenvalue weighted by atomic mass is 10.2. The fourth-order valence-electron chi connectivity index (χ4n) is 1.07. The van der Waals surface area contributed by atoms with Crippen molar-refractivity contribution in [2.24, 2.45) is 0 Å². The lowest BCUT2D eigenvalue weighted by molar-refractivity contribution is -0.157. The molecule has 2 atom stereocenters. The molecule has 1 unspecified atom stereocenters. The number of thioether (sulfide) groups is 1. The number of aliphatic hydroxyl groups is 1. The lowest BCUT2D eigenvalue weighted by Gasteiger charge is -2.21. The Balaban J connectivity index is 2.24. The Morgan fingerprint density at radius 1 is 1.75 bits per heavy atom. The summed E-state index contributed by atoms with van der Waals surface area (Å²) < 4.78 is 5.04. The fraction of sp³-hybridized carbons (Fsp3) is 0.875. The summed E-state index contributed by atoms with van der Waals surface area (Å²) >= 11 is 1.80.